The van der Waals surface area contributed by atoms with Crippen molar-refractivity contribution in [3.8, 4) is 0 Å². The monoisotopic (exact) mass is 286 g/mol. The summed E-state index contributed by atoms with van der Waals surface area (Å²) >= 11 is 0. The number of carboxylic acid groups (broad SMARTS) is 1. The number of carbonyl (C=O) groups excluding carboxylic acids is 1. The zero-order chi connectivity index (χ0) is 13.6. The molecule has 2 amide bonds. The highest BCUT2D eigenvalue weighted by Crippen LogP contribution is 2.42. The minimum Gasteiger partial charge on any atom is -0.481 e. The van der Waals surface area contributed by atoms with Gasteiger partial charge in [0.05, 0.1) is 5.92 Å². The number of aliphatic carboxylic acids is 1. The molecule has 1 N–H and O–H groups in total. The Morgan fingerprint density at radius 3 is 2.42 bits per heavy atom. The Bertz CT molecular complexity index is 431. The Morgan fingerprint density at radius 2 is 1.84 bits per heavy atom. The summed E-state index contributed by atoms with van der Waals surface area (Å²) in [7, 11) is -0.802. The maximum Gasteiger partial charge on any atom is 0.320 e. The van der Waals surface area contributed by atoms with Gasteiger partial charge in [0.1, 0.15) is 0 Å². The van der Waals surface area contributed by atoms with Gasteiger partial charge in [0.15, 0.2) is 0 Å². The largest absolute Gasteiger partial charge is 0.481 e. The number of urea groups is 1. The van der Waals surface area contributed by atoms with Crippen LogP contribution in [0.3, 0.4) is 0 Å². The van der Waals surface area contributed by atoms with Crippen LogP contribution in [0.1, 0.15) is 19.3 Å². The highest BCUT2D eigenvalue weighted by molar-refractivity contribution is 7.85. The first kappa shape index (κ1) is 12.9. The Morgan fingerprint density at radius 1 is 1.16 bits per heavy atom. The summed E-state index contributed by atoms with van der Waals surface area (Å²) in [4.78, 5) is 27.2. The molecule has 0 aromatic carbocycles. The molecule has 0 spiro atoms. The predicted molar refractivity (Wildman–Crippen MR) is 69.2 cm³/mol. The first-order valence-electron chi connectivity index (χ1n) is 6.73. The van der Waals surface area contributed by atoms with Crippen molar-refractivity contribution in [1.82, 2.24) is 9.80 Å². The lowest BCUT2D eigenvalue weighted by molar-refractivity contribution is -0.142. The van der Waals surface area contributed by atoms with Crippen LogP contribution in [0.5, 0.6) is 0 Å². The minimum absolute atomic E-state index is 0.0482. The fourth-order valence-electron chi connectivity index (χ4n) is 3.54. The first-order valence-corrected chi connectivity index (χ1v) is 8.21. The standard InChI is InChI=1S/C12H18N2O4S/c15-11(16)9-7-8-1-2-10(9)14(8)12(17)13-3-5-19(18)6-4-13/h8-10H,1-7H2,(H,15,16). The van der Waals surface area contributed by atoms with Gasteiger partial charge in [-0.05, 0) is 19.3 Å². The van der Waals surface area contributed by atoms with E-state index < -0.39 is 22.7 Å². The van der Waals surface area contributed by atoms with Crippen LogP contribution < -0.4 is 0 Å². The second kappa shape index (κ2) is 4.77. The van der Waals surface area contributed by atoms with Crippen LogP contribution in [-0.4, -0.2) is 67.8 Å². The van der Waals surface area contributed by atoms with Crippen LogP contribution in [0.2, 0.25) is 0 Å². The average molecular weight is 286 g/mol. The molecule has 3 heterocycles. The highest BCUT2D eigenvalue weighted by atomic mass is 32.2. The molecule has 3 saturated heterocycles. The molecule has 0 aromatic rings. The molecule has 3 atom stereocenters. The first-order chi connectivity index (χ1) is 9.08. The number of carbonyl (C=O) groups is 2. The Balaban J connectivity index is 1.71. The van der Waals surface area contributed by atoms with E-state index in [9.17, 15) is 18.9 Å². The van der Waals surface area contributed by atoms with Gasteiger partial charge >= 0.3 is 12.0 Å². The second-order valence-electron chi connectivity index (χ2n) is 5.50. The Kier molecular flexibility index (Phi) is 3.24. The molecule has 3 aliphatic rings. The van der Waals surface area contributed by atoms with Crippen LogP contribution in [0, 0.1) is 5.92 Å². The van der Waals surface area contributed by atoms with Gasteiger partial charge in [-0.25, -0.2) is 4.79 Å². The van der Waals surface area contributed by atoms with E-state index in [0.717, 1.165) is 12.8 Å². The molecule has 6 nitrogen and oxygen atoms in total. The van der Waals surface area contributed by atoms with Gasteiger partial charge in [0.25, 0.3) is 0 Å². The molecule has 3 unspecified atom stereocenters. The maximum atomic E-state index is 12.5. The average Bonchev–Trinajstić information content (AvgIpc) is 2.96. The molecule has 3 aliphatic heterocycles. The number of amides is 2. The number of fused-ring (bicyclic) bond motifs is 2. The molecule has 0 radical (unpaired) electrons. The number of carboxylic acids is 1. The summed E-state index contributed by atoms with van der Waals surface area (Å²) in [5.74, 6) is -0.111. The molecular formula is C12H18N2O4S. The van der Waals surface area contributed by atoms with Crippen molar-refractivity contribution in [2.45, 2.75) is 31.3 Å². The molecule has 19 heavy (non-hydrogen) atoms. The number of nitrogens with zero attached hydrogens (tertiary/aromatic N) is 2. The third-order valence-electron chi connectivity index (χ3n) is 4.52. The maximum absolute atomic E-state index is 12.5. The molecule has 0 aromatic heterocycles. The molecule has 3 fully saturated rings. The topological polar surface area (TPSA) is 77.9 Å². The third-order valence-corrected chi connectivity index (χ3v) is 5.80. The predicted octanol–water partition coefficient (Wildman–Crippen LogP) is 0.108. The van der Waals surface area contributed by atoms with Crippen LogP contribution >= 0.6 is 0 Å². The van der Waals surface area contributed by atoms with E-state index in [1.54, 1.807) is 9.80 Å². The van der Waals surface area contributed by atoms with Crippen LogP contribution in [0.25, 0.3) is 0 Å². The summed E-state index contributed by atoms with van der Waals surface area (Å²) in [6.45, 7) is 1.05. The van der Waals surface area contributed by atoms with Crippen molar-refractivity contribution in [2.24, 2.45) is 5.92 Å². The molecule has 0 aliphatic carbocycles. The Hall–Kier alpha value is -1.11. The number of hydrogen-bond donors (Lipinski definition) is 1. The van der Waals surface area contributed by atoms with E-state index in [1.807, 2.05) is 0 Å². The summed E-state index contributed by atoms with van der Waals surface area (Å²) < 4.78 is 11.3. The summed E-state index contributed by atoms with van der Waals surface area (Å²) in [5.41, 5.74) is 0. The van der Waals surface area contributed by atoms with Gasteiger partial charge in [0.2, 0.25) is 0 Å². The van der Waals surface area contributed by atoms with Crippen LogP contribution in [0.15, 0.2) is 0 Å². The van der Waals surface area contributed by atoms with Gasteiger partial charge in [-0.15, -0.1) is 0 Å². The van der Waals surface area contributed by atoms with E-state index in [2.05, 4.69) is 0 Å². The van der Waals surface area contributed by atoms with Crippen LogP contribution in [-0.2, 0) is 15.6 Å². The second-order valence-corrected chi connectivity index (χ2v) is 7.20. The third kappa shape index (κ3) is 2.13. The lowest BCUT2D eigenvalue weighted by Gasteiger charge is -2.33. The van der Waals surface area contributed by atoms with Crippen molar-refractivity contribution in [1.29, 1.82) is 0 Å². The van der Waals surface area contributed by atoms with Gasteiger partial charge < -0.3 is 14.9 Å². The van der Waals surface area contributed by atoms with Crippen molar-refractivity contribution in [2.75, 3.05) is 24.6 Å². The normalized spacial score (nSPS) is 34.8. The summed E-state index contributed by atoms with van der Waals surface area (Å²) in [5, 5.41) is 9.19. The summed E-state index contributed by atoms with van der Waals surface area (Å²) in [6.07, 6.45) is 2.30. The molecular weight excluding hydrogens is 268 g/mol. The van der Waals surface area contributed by atoms with Crippen LogP contribution in [0.4, 0.5) is 4.79 Å². The summed E-state index contributed by atoms with van der Waals surface area (Å²) in [6, 6.07) is -0.0959. The fraction of sp³-hybridized carbons (Fsp3) is 0.833. The Labute approximate surface area is 114 Å². The van der Waals surface area contributed by atoms with Gasteiger partial charge in [-0.2, -0.15) is 0 Å². The van der Waals surface area contributed by atoms with Crippen molar-refractivity contribution >= 4 is 22.8 Å². The quantitative estimate of drug-likeness (QED) is 0.742. The molecule has 106 valence electrons. The molecule has 2 bridgehead atoms. The van der Waals surface area contributed by atoms with Crippen molar-refractivity contribution < 1.29 is 18.9 Å². The highest BCUT2D eigenvalue weighted by Gasteiger charge is 2.52. The fourth-order valence-corrected chi connectivity index (χ4v) is 4.60. The van der Waals surface area contributed by atoms with Crippen molar-refractivity contribution in [3.05, 3.63) is 0 Å². The zero-order valence-electron chi connectivity index (χ0n) is 10.7. The zero-order valence-corrected chi connectivity index (χ0v) is 11.5. The smallest absolute Gasteiger partial charge is 0.320 e. The van der Waals surface area contributed by atoms with Gasteiger partial charge in [-0.3, -0.25) is 9.00 Å². The number of rotatable bonds is 1. The van der Waals surface area contributed by atoms with E-state index in [4.69, 9.17) is 0 Å². The molecule has 0 saturated carbocycles. The number of hydrogen-bond acceptors (Lipinski definition) is 3. The lowest BCUT2D eigenvalue weighted by atomic mass is 9.89. The van der Waals surface area contributed by atoms with Gasteiger partial charge in [-0.1, -0.05) is 0 Å². The molecule has 3 rings (SSSR count). The SMILES string of the molecule is O=C(O)C1CC2CCC1N2C(=O)N1CCS(=O)CC1. The van der Waals surface area contributed by atoms with Crippen molar-refractivity contribution in [3.63, 3.8) is 0 Å². The molecule has 7 heteroatoms. The minimum atomic E-state index is -0.802. The lowest BCUT2D eigenvalue weighted by Crippen LogP contribution is -2.50. The van der Waals surface area contributed by atoms with E-state index in [-0.39, 0.29) is 18.1 Å². The van der Waals surface area contributed by atoms with E-state index >= 15 is 0 Å². The van der Waals surface area contributed by atoms with Gasteiger partial charge in [0, 0.05) is 47.5 Å². The van der Waals surface area contributed by atoms with E-state index in [1.165, 1.54) is 0 Å². The van der Waals surface area contributed by atoms with E-state index in [0.29, 0.717) is 31.0 Å².